The van der Waals surface area contributed by atoms with Crippen molar-refractivity contribution in [2.45, 2.75) is 38.6 Å². The lowest BCUT2D eigenvalue weighted by molar-refractivity contribution is 0.248. The summed E-state index contributed by atoms with van der Waals surface area (Å²) >= 11 is 0. The number of pyridine rings is 1. The summed E-state index contributed by atoms with van der Waals surface area (Å²) in [5, 5.41) is 4.41. The average molecular weight is 284 g/mol. The molecule has 0 aromatic carbocycles. The van der Waals surface area contributed by atoms with Gasteiger partial charge in [-0.05, 0) is 58.5 Å². The molecule has 1 saturated heterocycles. The molecule has 0 aliphatic carbocycles. The molecule has 0 N–H and O–H groups in total. The van der Waals surface area contributed by atoms with Crippen LogP contribution in [0.2, 0.25) is 0 Å². The summed E-state index contributed by atoms with van der Waals surface area (Å²) in [7, 11) is 2.20. The Morgan fingerprint density at radius 2 is 2.10 bits per heavy atom. The van der Waals surface area contributed by atoms with E-state index < -0.39 is 0 Å². The maximum Gasteiger partial charge on any atom is 0.0886 e. The van der Waals surface area contributed by atoms with Gasteiger partial charge in [0, 0.05) is 30.4 Å². The van der Waals surface area contributed by atoms with Crippen molar-refractivity contribution in [3.63, 3.8) is 0 Å². The number of hydrogen-bond donors (Lipinski definition) is 0. The lowest BCUT2D eigenvalue weighted by atomic mass is 9.94. The normalized spacial score (nSPS) is 20.1. The van der Waals surface area contributed by atoms with Gasteiger partial charge in [-0.2, -0.15) is 5.10 Å². The van der Waals surface area contributed by atoms with E-state index in [2.05, 4.69) is 55.2 Å². The van der Waals surface area contributed by atoms with Gasteiger partial charge in [0.05, 0.1) is 11.4 Å². The van der Waals surface area contributed by atoms with Gasteiger partial charge >= 0.3 is 0 Å². The van der Waals surface area contributed by atoms with E-state index in [9.17, 15) is 0 Å². The molecule has 1 atom stereocenters. The number of rotatable bonds is 3. The summed E-state index contributed by atoms with van der Waals surface area (Å²) in [5.74, 6) is 0.555. The molecule has 4 heteroatoms. The van der Waals surface area contributed by atoms with Crippen molar-refractivity contribution in [2.24, 2.45) is 0 Å². The van der Waals surface area contributed by atoms with Crippen molar-refractivity contribution in [3.05, 3.63) is 36.2 Å². The number of likely N-dealkylation sites (tertiary alicyclic amines) is 1. The van der Waals surface area contributed by atoms with Crippen LogP contribution in [0.3, 0.4) is 0 Å². The van der Waals surface area contributed by atoms with Gasteiger partial charge in [-0.25, -0.2) is 0 Å². The van der Waals surface area contributed by atoms with Crippen molar-refractivity contribution in [3.8, 4) is 11.4 Å². The van der Waals surface area contributed by atoms with E-state index in [1.807, 2.05) is 10.9 Å². The highest BCUT2D eigenvalue weighted by Crippen LogP contribution is 2.27. The average Bonchev–Trinajstić information content (AvgIpc) is 2.97. The van der Waals surface area contributed by atoms with Gasteiger partial charge in [-0.1, -0.05) is 6.07 Å². The minimum atomic E-state index is 0.348. The van der Waals surface area contributed by atoms with Crippen LogP contribution >= 0.6 is 0 Å². The molecule has 21 heavy (non-hydrogen) atoms. The topological polar surface area (TPSA) is 34.0 Å². The van der Waals surface area contributed by atoms with Crippen LogP contribution in [0.1, 0.15) is 44.3 Å². The molecule has 2 aromatic rings. The van der Waals surface area contributed by atoms with E-state index in [-0.39, 0.29) is 0 Å². The third kappa shape index (κ3) is 3.00. The first-order valence-corrected chi connectivity index (χ1v) is 7.84. The van der Waals surface area contributed by atoms with Crippen LogP contribution in [-0.2, 0) is 0 Å². The molecule has 0 amide bonds. The summed E-state index contributed by atoms with van der Waals surface area (Å²) < 4.78 is 2.04. The number of hydrogen-bond acceptors (Lipinski definition) is 3. The number of likely N-dealkylation sites (N-methyl/N-ethyl adjacent to an activating group) is 1. The lowest BCUT2D eigenvalue weighted by Gasteiger charge is -2.29. The maximum atomic E-state index is 4.93. The molecule has 0 spiro atoms. The molecule has 1 aliphatic rings. The zero-order valence-electron chi connectivity index (χ0n) is 13.2. The molecular weight excluding hydrogens is 260 g/mol. The van der Waals surface area contributed by atoms with Crippen LogP contribution in [0.15, 0.2) is 30.5 Å². The molecule has 1 fully saturated rings. The van der Waals surface area contributed by atoms with Gasteiger partial charge in [-0.3, -0.25) is 9.67 Å². The predicted molar refractivity (Wildman–Crippen MR) is 85.3 cm³/mol. The molecule has 0 saturated carbocycles. The standard InChI is InChI=1S/C17H24N4/c1-13(2)21-17(9-10-18-21)16-8-4-7-15(19-16)14-6-5-11-20(3)12-14/h4,7-10,13-14H,5-6,11-12H2,1-3H3/t14-/m0/s1. The number of aromatic nitrogens is 3. The van der Waals surface area contributed by atoms with Crippen molar-refractivity contribution >= 4 is 0 Å². The Morgan fingerprint density at radius 3 is 2.86 bits per heavy atom. The Kier molecular flexibility index (Phi) is 4.06. The molecule has 0 bridgehead atoms. The SMILES string of the molecule is CC(C)n1nccc1-c1cccc([C@H]2CCCN(C)C2)n1. The van der Waals surface area contributed by atoms with Crippen LogP contribution in [0.25, 0.3) is 11.4 Å². The van der Waals surface area contributed by atoms with E-state index in [0.29, 0.717) is 12.0 Å². The zero-order chi connectivity index (χ0) is 14.8. The van der Waals surface area contributed by atoms with E-state index in [1.165, 1.54) is 25.1 Å². The van der Waals surface area contributed by atoms with E-state index >= 15 is 0 Å². The van der Waals surface area contributed by atoms with Crippen LogP contribution in [-0.4, -0.2) is 39.8 Å². The molecule has 0 radical (unpaired) electrons. The highest BCUT2D eigenvalue weighted by molar-refractivity contribution is 5.54. The van der Waals surface area contributed by atoms with Gasteiger partial charge in [0.2, 0.25) is 0 Å². The van der Waals surface area contributed by atoms with Gasteiger partial charge in [0.15, 0.2) is 0 Å². The lowest BCUT2D eigenvalue weighted by Crippen LogP contribution is -2.31. The van der Waals surface area contributed by atoms with Crippen LogP contribution < -0.4 is 0 Å². The number of piperidine rings is 1. The molecule has 4 nitrogen and oxygen atoms in total. The van der Waals surface area contributed by atoms with E-state index in [0.717, 1.165) is 17.9 Å². The molecule has 112 valence electrons. The highest BCUT2D eigenvalue weighted by Gasteiger charge is 2.20. The summed E-state index contributed by atoms with van der Waals surface area (Å²) in [5.41, 5.74) is 3.36. The van der Waals surface area contributed by atoms with E-state index in [1.54, 1.807) is 0 Å². The highest BCUT2D eigenvalue weighted by atomic mass is 15.3. The van der Waals surface area contributed by atoms with Gasteiger partial charge < -0.3 is 4.90 Å². The summed E-state index contributed by atoms with van der Waals surface area (Å²) in [4.78, 5) is 7.33. The smallest absolute Gasteiger partial charge is 0.0886 e. The first-order valence-electron chi connectivity index (χ1n) is 7.84. The Hall–Kier alpha value is -1.68. The monoisotopic (exact) mass is 284 g/mol. The maximum absolute atomic E-state index is 4.93. The van der Waals surface area contributed by atoms with Crippen molar-refractivity contribution in [2.75, 3.05) is 20.1 Å². The molecule has 0 unspecified atom stereocenters. The second-order valence-electron chi connectivity index (χ2n) is 6.30. The minimum absolute atomic E-state index is 0.348. The van der Waals surface area contributed by atoms with E-state index in [4.69, 9.17) is 4.98 Å². The fourth-order valence-corrected chi connectivity index (χ4v) is 3.16. The first kappa shape index (κ1) is 14.3. The second kappa shape index (κ2) is 5.98. The zero-order valence-corrected chi connectivity index (χ0v) is 13.2. The quantitative estimate of drug-likeness (QED) is 0.867. The molecule has 1 aliphatic heterocycles. The Morgan fingerprint density at radius 1 is 1.24 bits per heavy atom. The van der Waals surface area contributed by atoms with Crippen LogP contribution in [0.5, 0.6) is 0 Å². The molecule has 3 rings (SSSR count). The number of nitrogens with zero attached hydrogens (tertiary/aromatic N) is 4. The van der Waals surface area contributed by atoms with Crippen LogP contribution in [0.4, 0.5) is 0 Å². The van der Waals surface area contributed by atoms with Crippen molar-refractivity contribution in [1.29, 1.82) is 0 Å². The third-order valence-corrected chi connectivity index (χ3v) is 4.24. The third-order valence-electron chi connectivity index (χ3n) is 4.24. The summed E-state index contributed by atoms with van der Waals surface area (Å²) in [6.07, 6.45) is 4.36. The Labute approximate surface area is 126 Å². The summed E-state index contributed by atoms with van der Waals surface area (Å²) in [6.45, 7) is 6.61. The minimum Gasteiger partial charge on any atom is -0.306 e. The second-order valence-corrected chi connectivity index (χ2v) is 6.30. The first-order chi connectivity index (χ1) is 10.1. The van der Waals surface area contributed by atoms with Gasteiger partial charge in [0.1, 0.15) is 0 Å². The fraction of sp³-hybridized carbons (Fsp3) is 0.529. The summed E-state index contributed by atoms with van der Waals surface area (Å²) in [6, 6.07) is 8.79. The fourth-order valence-electron chi connectivity index (χ4n) is 3.16. The molecular formula is C17H24N4. The predicted octanol–water partition coefficient (Wildman–Crippen LogP) is 3.34. The molecule has 2 aromatic heterocycles. The van der Waals surface area contributed by atoms with Crippen molar-refractivity contribution in [1.82, 2.24) is 19.7 Å². The van der Waals surface area contributed by atoms with Gasteiger partial charge in [-0.15, -0.1) is 0 Å². The van der Waals surface area contributed by atoms with Crippen LogP contribution in [0, 0.1) is 0 Å². The molecule has 3 heterocycles. The Balaban J connectivity index is 1.91. The Bertz CT molecular complexity index is 602. The largest absolute Gasteiger partial charge is 0.306 e. The van der Waals surface area contributed by atoms with Gasteiger partial charge in [0.25, 0.3) is 0 Å². The van der Waals surface area contributed by atoms with Crippen molar-refractivity contribution < 1.29 is 0 Å².